The van der Waals surface area contributed by atoms with Crippen LogP contribution in [0.25, 0.3) is 0 Å². The molecule has 1 heterocycles. The van der Waals surface area contributed by atoms with Crippen LogP contribution in [0.5, 0.6) is 11.5 Å². The van der Waals surface area contributed by atoms with Crippen molar-refractivity contribution in [2.75, 3.05) is 7.11 Å². The molecule has 3 nitrogen and oxygen atoms in total. The highest BCUT2D eigenvalue weighted by atomic mass is 16.5. The van der Waals surface area contributed by atoms with Crippen molar-refractivity contribution in [2.45, 2.75) is 57.2 Å². The van der Waals surface area contributed by atoms with E-state index in [-0.39, 0.29) is 5.60 Å². The molecule has 0 bridgehead atoms. The van der Waals surface area contributed by atoms with Gasteiger partial charge in [-0.25, -0.2) is 0 Å². The average molecular weight is 276 g/mol. The Hall–Kier alpha value is -1.22. The molecule has 1 aliphatic heterocycles. The van der Waals surface area contributed by atoms with Gasteiger partial charge in [-0.3, -0.25) is 0 Å². The van der Waals surface area contributed by atoms with E-state index in [1.807, 2.05) is 18.2 Å². The highest BCUT2D eigenvalue weighted by Gasteiger charge is 2.41. The second-order valence-electron chi connectivity index (χ2n) is 6.44. The summed E-state index contributed by atoms with van der Waals surface area (Å²) in [5, 5.41) is 10.5. The number of benzene rings is 1. The van der Waals surface area contributed by atoms with Gasteiger partial charge in [0.25, 0.3) is 0 Å². The van der Waals surface area contributed by atoms with Crippen molar-refractivity contribution < 1.29 is 14.6 Å². The number of aliphatic hydroxyl groups excluding tert-OH is 1. The van der Waals surface area contributed by atoms with Crippen LogP contribution in [0, 0.1) is 5.92 Å². The van der Waals surface area contributed by atoms with Gasteiger partial charge < -0.3 is 14.6 Å². The van der Waals surface area contributed by atoms with Gasteiger partial charge in [-0.2, -0.15) is 0 Å². The lowest BCUT2D eigenvalue weighted by Crippen LogP contribution is -2.40. The first kappa shape index (κ1) is 13.7. The third kappa shape index (κ3) is 2.51. The van der Waals surface area contributed by atoms with Crippen LogP contribution in [0.1, 0.15) is 57.1 Å². The molecule has 0 aromatic heterocycles. The highest BCUT2D eigenvalue weighted by Crippen LogP contribution is 2.46. The zero-order valence-corrected chi connectivity index (χ0v) is 12.4. The summed E-state index contributed by atoms with van der Waals surface area (Å²) in [6, 6.07) is 5.74. The van der Waals surface area contributed by atoms with Crippen LogP contribution in [-0.2, 0) is 0 Å². The van der Waals surface area contributed by atoms with Crippen LogP contribution >= 0.6 is 0 Å². The largest absolute Gasteiger partial charge is 0.497 e. The zero-order chi connectivity index (χ0) is 14.2. The third-order valence-electron chi connectivity index (χ3n) is 4.89. The molecule has 3 rings (SSSR count). The average Bonchev–Trinajstić information content (AvgIpc) is 2.61. The molecular formula is C17H24O3. The molecule has 110 valence electrons. The number of hydrogen-bond donors (Lipinski definition) is 1. The minimum absolute atomic E-state index is 0.161. The Morgan fingerprint density at radius 2 is 2.15 bits per heavy atom. The van der Waals surface area contributed by atoms with E-state index in [2.05, 4.69) is 6.92 Å². The Morgan fingerprint density at radius 1 is 1.30 bits per heavy atom. The summed E-state index contributed by atoms with van der Waals surface area (Å²) in [4.78, 5) is 0. The SMILES string of the molecule is COc1ccc2c(c1)[C@H](O)CC1(CCCC(C)CC1)O2. The number of aliphatic hydroxyl groups is 1. The van der Waals surface area contributed by atoms with E-state index in [1.54, 1.807) is 7.11 Å². The highest BCUT2D eigenvalue weighted by molar-refractivity contribution is 5.43. The molecule has 1 aliphatic carbocycles. The lowest BCUT2D eigenvalue weighted by atomic mass is 9.83. The Balaban J connectivity index is 1.88. The second-order valence-corrected chi connectivity index (χ2v) is 6.44. The maximum Gasteiger partial charge on any atom is 0.126 e. The van der Waals surface area contributed by atoms with E-state index in [0.717, 1.165) is 35.8 Å². The molecule has 0 amide bonds. The van der Waals surface area contributed by atoms with Gasteiger partial charge in [0.05, 0.1) is 13.2 Å². The Kier molecular flexibility index (Phi) is 3.63. The van der Waals surface area contributed by atoms with Crippen molar-refractivity contribution in [3.8, 4) is 11.5 Å². The minimum Gasteiger partial charge on any atom is -0.497 e. The number of hydrogen-bond acceptors (Lipinski definition) is 3. The first-order chi connectivity index (χ1) is 9.62. The summed E-state index contributed by atoms with van der Waals surface area (Å²) in [6.45, 7) is 2.32. The molecule has 20 heavy (non-hydrogen) atoms. The van der Waals surface area contributed by atoms with E-state index in [0.29, 0.717) is 6.42 Å². The number of rotatable bonds is 1. The van der Waals surface area contributed by atoms with Gasteiger partial charge >= 0.3 is 0 Å². The van der Waals surface area contributed by atoms with Crippen molar-refractivity contribution >= 4 is 0 Å². The molecule has 2 aliphatic rings. The fourth-order valence-corrected chi connectivity index (χ4v) is 3.60. The maximum atomic E-state index is 10.5. The second kappa shape index (κ2) is 5.28. The summed E-state index contributed by atoms with van der Waals surface area (Å²) < 4.78 is 11.6. The number of methoxy groups -OCH3 is 1. The lowest BCUT2D eigenvalue weighted by molar-refractivity contribution is -0.0251. The summed E-state index contributed by atoms with van der Waals surface area (Å²) in [6.07, 6.45) is 6.03. The van der Waals surface area contributed by atoms with E-state index in [4.69, 9.17) is 9.47 Å². The van der Waals surface area contributed by atoms with Gasteiger partial charge in [-0.05, 0) is 49.8 Å². The monoisotopic (exact) mass is 276 g/mol. The fourth-order valence-electron chi connectivity index (χ4n) is 3.60. The van der Waals surface area contributed by atoms with E-state index < -0.39 is 6.10 Å². The molecule has 3 heteroatoms. The van der Waals surface area contributed by atoms with Gasteiger partial charge in [0.15, 0.2) is 0 Å². The number of fused-ring (bicyclic) bond motifs is 1. The van der Waals surface area contributed by atoms with Crippen LogP contribution in [0.3, 0.4) is 0 Å². The minimum atomic E-state index is -0.442. The van der Waals surface area contributed by atoms with Gasteiger partial charge in [-0.15, -0.1) is 0 Å². The summed E-state index contributed by atoms with van der Waals surface area (Å²) >= 11 is 0. The van der Waals surface area contributed by atoms with Crippen LogP contribution in [0.2, 0.25) is 0 Å². The quantitative estimate of drug-likeness (QED) is 0.846. The molecule has 2 unspecified atom stereocenters. The van der Waals surface area contributed by atoms with Crippen molar-refractivity contribution in [1.82, 2.24) is 0 Å². The summed E-state index contributed by atoms with van der Waals surface area (Å²) in [5.74, 6) is 2.38. The van der Waals surface area contributed by atoms with Crippen LogP contribution in [-0.4, -0.2) is 17.8 Å². The molecule has 1 spiro atoms. The predicted molar refractivity (Wildman–Crippen MR) is 78.2 cm³/mol. The first-order valence-corrected chi connectivity index (χ1v) is 7.67. The third-order valence-corrected chi connectivity index (χ3v) is 4.89. The van der Waals surface area contributed by atoms with E-state index in [9.17, 15) is 5.11 Å². The van der Waals surface area contributed by atoms with Gasteiger partial charge in [-0.1, -0.05) is 13.3 Å². The lowest BCUT2D eigenvalue weighted by Gasteiger charge is -2.40. The summed E-state index contributed by atoms with van der Waals surface area (Å²) in [5.41, 5.74) is 0.707. The Bertz CT molecular complexity index is 485. The molecule has 1 aromatic carbocycles. The molecule has 0 saturated heterocycles. The Morgan fingerprint density at radius 3 is 2.95 bits per heavy atom. The van der Waals surface area contributed by atoms with Crippen molar-refractivity contribution in [3.63, 3.8) is 0 Å². The molecule has 1 N–H and O–H groups in total. The number of ether oxygens (including phenoxy) is 2. The first-order valence-electron chi connectivity index (χ1n) is 7.67. The molecular weight excluding hydrogens is 252 g/mol. The van der Waals surface area contributed by atoms with Crippen molar-refractivity contribution in [1.29, 1.82) is 0 Å². The maximum absolute atomic E-state index is 10.5. The van der Waals surface area contributed by atoms with Gasteiger partial charge in [0.2, 0.25) is 0 Å². The standard InChI is InChI=1S/C17H24O3/c1-12-4-3-8-17(9-7-12)11-15(18)14-10-13(19-2)5-6-16(14)20-17/h5-6,10,12,15,18H,3-4,7-9,11H2,1-2H3/t12?,15-,17?/m1/s1. The van der Waals surface area contributed by atoms with Crippen LogP contribution in [0.4, 0.5) is 0 Å². The van der Waals surface area contributed by atoms with Crippen molar-refractivity contribution in [3.05, 3.63) is 23.8 Å². The molecule has 3 atom stereocenters. The molecule has 1 saturated carbocycles. The van der Waals surface area contributed by atoms with Gasteiger partial charge in [0.1, 0.15) is 17.1 Å². The van der Waals surface area contributed by atoms with Crippen LogP contribution in [0.15, 0.2) is 18.2 Å². The Labute approximate surface area is 120 Å². The van der Waals surface area contributed by atoms with Gasteiger partial charge in [0, 0.05) is 12.0 Å². The van der Waals surface area contributed by atoms with Crippen LogP contribution < -0.4 is 9.47 Å². The fraction of sp³-hybridized carbons (Fsp3) is 0.647. The van der Waals surface area contributed by atoms with Crippen molar-refractivity contribution in [2.24, 2.45) is 5.92 Å². The van der Waals surface area contributed by atoms with E-state index >= 15 is 0 Å². The molecule has 1 fully saturated rings. The molecule has 1 aromatic rings. The smallest absolute Gasteiger partial charge is 0.126 e. The normalized spacial score (nSPS) is 33.1. The molecule has 0 radical (unpaired) electrons. The topological polar surface area (TPSA) is 38.7 Å². The summed E-state index contributed by atoms with van der Waals surface area (Å²) in [7, 11) is 1.64. The predicted octanol–water partition coefficient (Wildman–Crippen LogP) is 3.85. The van der Waals surface area contributed by atoms with E-state index in [1.165, 1.54) is 19.3 Å². The zero-order valence-electron chi connectivity index (χ0n) is 12.4.